The summed E-state index contributed by atoms with van der Waals surface area (Å²) in [5.74, 6) is 0.838. The van der Waals surface area contributed by atoms with Crippen LogP contribution in [0.5, 0.6) is 0 Å². The molecule has 6 heteroatoms. The zero-order chi connectivity index (χ0) is 13.4. The fourth-order valence-electron chi connectivity index (χ4n) is 2.59. The van der Waals surface area contributed by atoms with Gasteiger partial charge in [-0.05, 0) is 12.5 Å². The van der Waals surface area contributed by atoms with Gasteiger partial charge in [0.25, 0.3) is 0 Å². The highest BCUT2D eigenvalue weighted by atomic mass is 15.1. The Morgan fingerprint density at radius 2 is 2.21 bits per heavy atom. The van der Waals surface area contributed by atoms with Crippen LogP contribution in [-0.4, -0.2) is 31.8 Å². The van der Waals surface area contributed by atoms with Gasteiger partial charge >= 0.3 is 0 Å². The van der Waals surface area contributed by atoms with E-state index in [9.17, 15) is 0 Å². The van der Waals surface area contributed by atoms with Crippen molar-refractivity contribution in [3.63, 3.8) is 0 Å². The molecule has 0 radical (unpaired) electrons. The maximum absolute atomic E-state index is 4.41. The lowest BCUT2D eigenvalue weighted by Crippen LogP contribution is -1.97. The van der Waals surface area contributed by atoms with E-state index in [1.54, 1.807) is 12.5 Å². The molecule has 2 N–H and O–H groups in total. The number of aromatic amines is 1. The first-order valence-electron chi connectivity index (χ1n) is 6.27. The summed E-state index contributed by atoms with van der Waals surface area (Å²) in [6.07, 6.45) is 4.27. The number of rotatable bonds is 3. The van der Waals surface area contributed by atoms with Crippen LogP contribution in [0.1, 0.15) is 12.6 Å². The van der Waals surface area contributed by atoms with Gasteiger partial charge in [-0.1, -0.05) is 6.92 Å². The van der Waals surface area contributed by atoms with Gasteiger partial charge in [0.05, 0.1) is 11.1 Å². The SMILES string of the molecule is CCc1c(-c2ccn[nH]2)c2c(NC)ncnc2n1C. The highest BCUT2D eigenvalue weighted by Gasteiger charge is 2.20. The molecule has 0 aliphatic carbocycles. The second-order valence-electron chi connectivity index (χ2n) is 4.38. The van der Waals surface area contributed by atoms with Gasteiger partial charge in [-0.25, -0.2) is 9.97 Å². The average Bonchev–Trinajstić information content (AvgIpc) is 3.05. The van der Waals surface area contributed by atoms with E-state index in [1.807, 2.05) is 20.2 Å². The van der Waals surface area contributed by atoms with Crippen LogP contribution in [0.3, 0.4) is 0 Å². The highest BCUT2D eigenvalue weighted by Crippen LogP contribution is 2.35. The summed E-state index contributed by atoms with van der Waals surface area (Å²) in [5, 5.41) is 11.3. The molecular weight excluding hydrogens is 240 g/mol. The molecule has 0 fully saturated rings. The Hall–Kier alpha value is -2.37. The molecule has 0 atom stereocenters. The normalized spacial score (nSPS) is 11.1. The number of aromatic nitrogens is 5. The maximum atomic E-state index is 4.41. The molecule has 0 saturated heterocycles. The first-order chi connectivity index (χ1) is 9.27. The number of aryl methyl sites for hydroxylation is 1. The van der Waals surface area contributed by atoms with Crippen molar-refractivity contribution in [3.8, 4) is 11.3 Å². The number of nitrogens with zero attached hydrogens (tertiary/aromatic N) is 4. The monoisotopic (exact) mass is 256 g/mol. The molecule has 0 amide bonds. The van der Waals surface area contributed by atoms with Crippen molar-refractivity contribution >= 4 is 16.9 Å². The van der Waals surface area contributed by atoms with Crippen molar-refractivity contribution in [1.29, 1.82) is 0 Å². The van der Waals surface area contributed by atoms with E-state index in [2.05, 4.69) is 37.0 Å². The summed E-state index contributed by atoms with van der Waals surface area (Å²) in [5.41, 5.74) is 4.27. The van der Waals surface area contributed by atoms with Gasteiger partial charge in [0, 0.05) is 31.5 Å². The third-order valence-electron chi connectivity index (χ3n) is 3.43. The summed E-state index contributed by atoms with van der Waals surface area (Å²) in [6.45, 7) is 2.14. The van der Waals surface area contributed by atoms with Crippen molar-refractivity contribution in [2.75, 3.05) is 12.4 Å². The fourth-order valence-corrected chi connectivity index (χ4v) is 2.59. The molecule has 3 aromatic rings. The lowest BCUT2D eigenvalue weighted by atomic mass is 10.1. The molecule has 0 aliphatic rings. The van der Waals surface area contributed by atoms with Gasteiger partial charge in [0.15, 0.2) is 0 Å². The van der Waals surface area contributed by atoms with Crippen molar-refractivity contribution in [2.45, 2.75) is 13.3 Å². The van der Waals surface area contributed by atoms with E-state index in [0.717, 1.165) is 34.5 Å². The predicted octanol–water partition coefficient (Wildman–Crippen LogP) is 1.96. The number of hydrogen-bond acceptors (Lipinski definition) is 4. The van der Waals surface area contributed by atoms with E-state index >= 15 is 0 Å². The standard InChI is InChI=1S/C13H16N6/c1-4-9-10(8-5-6-17-18-8)11-12(14-2)15-7-16-13(11)19(9)3/h5-7H,4H2,1-3H3,(H,17,18)(H,14,15,16). The molecule has 0 bridgehead atoms. The number of nitrogens with one attached hydrogen (secondary N) is 2. The van der Waals surface area contributed by atoms with Gasteiger partial charge in [0.1, 0.15) is 17.8 Å². The van der Waals surface area contributed by atoms with Crippen LogP contribution >= 0.6 is 0 Å². The molecule has 0 aliphatic heterocycles. The van der Waals surface area contributed by atoms with Crippen LogP contribution in [0.2, 0.25) is 0 Å². The summed E-state index contributed by atoms with van der Waals surface area (Å²) in [7, 11) is 3.91. The summed E-state index contributed by atoms with van der Waals surface area (Å²) in [4.78, 5) is 8.72. The van der Waals surface area contributed by atoms with Crippen LogP contribution < -0.4 is 5.32 Å². The molecule has 3 rings (SSSR count). The molecule has 3 heterocycles. The van der Waals surface area contributed by atoms with E-state index in [1.165, 1.54) is 5.69 Å². The van der Waals surface area contributed by atoms with Gasteiger partial charge in [-0.15, -0.1) is 0 Å². The Labute approximate surface area is 110 Å². The van der Waals surface area contributed by atoms with E-state index in [-0.39, 0.29) is 0 Å². The Balaban J connectivity index is 2.47. The number of hydrogen-bond donors (Lipinski definition) is 2. The quantitative estimate of drug-likeness (QED) is 0.751. The first kappa shape index (κ1) is 11.7. The van der Waals surface area contributed by atoms with Gasteiger partial charge in [-0.3, -0.25) is 5.10 Å². The summed E-state index contributed by atoms with van der Waals surface area (Å²) in [6, 6.07) is 1.97. The molecule has 0 saturated carbocycles. The van der Waals surface area contributed by atoms with Gasteiger partial charge < -0.3 is 9.88 Å². The van der Waals surface area contributed by atoms with Crippen molar-refractivity contribution < 1.29 is 0 Å². The molecule has 6 nitrogen and oxygen atoms in total. The maximum Gasteiger partial charge on any atom is 0.146 e. The van der Waals surface area contributed by atoms with Crippen LogP contribution in [0.25, 0.3) is 22.3 Å². The zero-order valence-electron chi connectivity index (χ0n) is 11.2. The predicted molar refractivity (Wildman–Crippen MR) is 75.0 cm³/mol. The van der Waals surface area contributed by atoms with Gasteiger partial charge in [-0.2, -0.15) is 5.10 Å². The number of anilines is 1. The van der Waals surface area contributed by atoms with Crippen molar-refractivity contribution in [1.82, 2.24) is 24.7 Å². The second-order valence-corrected chi connectivity index (χ2v) is 4.38. The minimum absolute atomic E-state index is 0.838. The van der Waals surface area contributed by atoms with E-state index in [0.29, 0.717) is 0 Å². The second kappa shape index (κ2) is 4.38. The summed E-state index contributed by atoms with van der Waals surface area (Å²) >= 11 is 0. The molecule has 0 aromatic carbocycles. The Morgan fingerprint density at radius 1 is 1.37 bits per heavy atom. The summed E-state index contributed by atoms with van der Waals surface area (Å²) < 4.78 is 2.12. The minimum atomic E-state index is 0.838. The fraction of sp³-hybridized carbons (Fsp3) is 0.308. The molecule has 19 heavy (non-hydrogen) atoms. The number of H-pyrrole nitrogens is 1. The smallest absolute Gasteiger partial charge is 0.146 e. The average molecular weight is 256 g/mol. The molecule has 0 spiro atoms. The molecular formula is C13H16N6. The Morgan fingerprint density at radius 3 is 2.84 bits per heavy atom. The van der Waals surface area contributed by atoms with Gasteiger partial charge in [0.2, 0.25) is 0 Å². The topological polar surface area (TPSA) is 71.4 Å². The lowest BCUT2D eigenvalue weighted by Gasteiger charge is -2.03. The van der Waals surface area contributed by atoms with Crippen LogP contribution in [-0.2, 0) is 13.5 Å². The zero-order valence-corrected chi connectivity index (χ0v) is 11.2. The minimum Gasteiger partial charge on any atom is -0.372 e. The van der Waals surface area contributed by atoms with Crippen LogP contribution in [0, 0.1) is 0 Å². The van der Waals surface area contributed by atoms with E-state index < -0.39 is 0 Å². The van der Waals surface area contributed by atoms with Crippen LogP contribution in [0.4, 0.5) is 5.82 Å². The van der Waals surface area contributed by atoms with Crippen molar-refractivity contribution in [2.24, 2.45) is 7.05 Å². The first-order valence-corrected chi connectivity index (χ1v) is 6.27. The highest BCUT2D eigenvalue weighted by molar-refractivity contribution is 6.02. The molecule has 3 aromatic heterocycles. The third-order valence-corrected chi connectivity index (χ3v) is 3.43. The number of fused-ring (bicyclic) bond motifs is 1. The molecule has 98 valence electrons. The Bertz CT molecular complexity index is 710. The van der Waals surface area contributed by atoms with Crippen LogP contribution in [0.15, 0.2) is 18.6 Å². The lowest BCUT2D eigenvalue weighted by molar-refractivity contribution is 0.853. The largest absolute Gasteiger partial charge is 0.372 e. The van der Waals surface area contributed by atoms with E-state index in [4.69, 9.17) is 0 Å². The third kappa shape index (κ3) is 1.60. The van der Waals surface area contributed by atoms with Crippen molar-refractivity contribution in [3.05, 3.63) is 24.3 Å². The molecule has 0 unspecified atom stereocenters. The Kier molecular flexibility index (Phi) is 2.70.